The summed E-state index contributed by atoms with van der Waals surface area (Å²) in [5, 5.41) is 2.84. The summed E-state index contributed by atoms with van der Waals surface area (Å²) in [4.78, 5) is 22.0. The van der Waals surface area contributed by atoms with Crippen molar-refractivity contribution in [1.29, 1.82) is 0 Å². The number of ketones is 1. The second-order valence-electron chi connectivity index (χ2n) is 3.66. The van der Waals surface area contributed by atoms with Gasteiger partial charge in [0.25, 0.3) is 0 Å². The topological polar surface area (TPSA) is 46.2 Å². The lowest BCUT2D eigenvalue weighted by Crippen LogP contribution is -2.54. The smallest absolute Gasteiger partial charge is 0.217 e. The molecule has 0 bridgehead atoms. The minimum atomic E-state index is -0.266. The minimum Gasteiger partial charge on any atom is -0.350 e. The van der Waals surface area contributed by atoms with E-state index >= 15 is 0 Å². The van der Waals surface area contributed by atoms with E-state index in [4.69, 9.17) is 11.6 Å². The van der Waals surface area contributed by atoms with Crippen LogP contribution in [0.2, 0.25) is 0 Å². The van der Waals surface area contributed by atoms with Gasteiger partial charge >= 0.3 is 0 Å². The van der Waals surface area contributed by atoms with Crippen molar-refractivity contribution < 1.29 is 9.59 Å². The molecule has 0 spiro atoms. The first-order valence-electron chi connectivity index (χ1n) is 4.44. The fourth-order valence-electron chi connectivity index (χ4n) is 1.75. The van der Waals surface area contributed by atoms with Crippen LogP contribution < -0.4 is 5.32 Å². The third kappa shape index (κ3) is 2.69. The van der Waals surface area contributed by atoms with Crippen LogP contribution in [0.3, 0.4) is 0 Å². The first-order chi connectivity index (χ1) is 6.08. The number of hydrogen-bond acceptors (Lipinski definition) is 2. The molecule has 0 aromatic rings. The molecule has 1 N–H and O–H groups in total. The van der Waals surface area contributed by atoms with Crippen molar-refractivity contribution >= 4 is 23.3 Å². The molecular formula is C9H14ClNO2. The lowest BCUT2D eigenvalue weighted by molar-refractivity contribution is -0.124. The number of carbonyl (C=O) groups is 2. The summed E-state index contributed by atoms with van der Waals surface area (Å²) in [7, 11) is 0. The number of nitrogens with one attached hydrogen (secondary N) is 1. The summed E-state index contributed by atoms with van der Waals surface area (Å²) in [6.07, 6.45) is 3.26. The van der Waals surface area contributed by atoms with Gasteiger partial charge < -0.3 is 5.32 Å². The van der Waals surface area contributed by atoms with Crippen LogP contribution in [-0.4, -0.2) is 23.1 Å². The third-order valence-electron chi connectivity index (χ3n) is 2.44. The normalized spacial score (nSPS) is 18.9. The molecule has 0 atom stereocenters. The van der Waals surface area contributed by atoms with E-state index < -0.39 is 0 Å². The van der Waals surface area contributed by atoms with Gasteiger partial charge in [-0.05, 0) is 19.3 Å². The van der Waals surface area contributed by atoms with Crippen molar-refractivity contribution in [2.45, 2.75) is 38.1 Å². The molecule has 1 fully saturated rings. The SMILES string of the molecule is CC(=O)NC1(CC(=O)CCl)CCC1. The van der Waals surface area contributed by atoms with Gasteiger partial charge in [0.05, 0.1) is 5.88 Å². The Morgan fingerprint density at radius 1 is 1.46 bits per heavy atom. The highest BCUT2D eigenvalue weighted by atomic mass is 35.5. The number of halogens is 1. The second-order valence-corrected chi connectivity index (χ2v) is 3.93. The zero-order valence-electron chi connectivity index (χ0n) is 7.73. The fraction of sp³-hybridized carbons (Fsp3) is 0.778. The Hall–Kier alpha value is -0.570. The molecule has 0 heterocycles. The van der Waals surface area contributed by atoms with Gasteiger partial charge in [-0.3, -0.25) is 9.59 Å². The maximum absolute atomic E-state index is 11.1. The van der Waals surface area contributed by atoms with E-state index in [-0.39, 0.29) is 23.1 Å². The van der Waals surface area contributed by atoms with Crippen molar-refractivity contribution in [3.05, 3.63) is 0 Å². The summed E-state index contributed by atoms with van der Waals surface area (Å²) in [5.41, 5.74) is -0.266. The number of alkyl halides is 1. The standard InChI is InChI=1S/C9H14ClNO2/c1-7(12)11-9(3-2-4-9)5-8(13)6-10/h2-6H2,1H3,(H,11,12). The lowest BCUT2D eigenvalue weighted by Gasteiger charge is -2.41. The largest absolute Gasteiger partial charge is 0.350 e. The molecule has 0 radical (unpaired) electrons. The molecule has 0 unspecified atom stereocenters. The molecule has 13 heavy (non-hydrogen) atoms. The van der Waals surface area contributed by atoms with Crippen molar-refractivity contribution in [3.8, 4) is 0 Å². The minimum absolute atomic E-state index is 0.00937. The summed E-state index contributed by atoms with van der Waals surface area (Å²) < 4.78 is 0. The molecule has 4 heteroatoms. The van der Waals surface area contributed by atoms with E-state index in [1.807, 2.05) is 0 Å². The van der Waals surface area contributed by atoms with E-state index in [0.29, 0.717) is 6.42 Å². The highest BCUT2D eigenvalue weighted by Gasteiger charge is 2.39. The maximum atomic E-state index is 11.1. The summed E-state index contributed by atoms with van der Waals surface area (Å²) in [5.74, 6) is -0.0152. The molecule has 1 aliphatic rings. The van der Waals surface area contributed by atoms with Crippen LogP contribution in [0.1, 0.15) is 32.6 Å². The van der Waals surface area contributed by atoms with Crippen LogP contribution in [0.25, 0.3) is 0 Å². The number of carbonyl (C=O) groups excluding carboxylic acids is 2. The number of Topliss-reactive ketones (excluding diaryl/α,β-unsaturated/α-hetero) is 1. The first kappa shape index (κ1) is 10.5. The molecule has 1 aliphatic carbocycles. The summed E-state index contributed by atoms with van der Waals surface area (Å²) in [6.45, 7) is 1.48. The molecular weight excluding hydrogens is 190 g/mol. The first-order valence-corrected chi connectivity index (χ1v) is 4.98. The number of hydrogen-bond donors (Lipinski definition) is 1. The highest BCUT2D eigenvalue weighted by molar-refractivity contribution is 6.27. The molecule has 0 aromatic carbocycles. The van der Waals surface area contributed by atoms with Crippen LogP contribution >= 0.6 is 11.6 Å². The van der Waals surface area contributed by atoms with Gasteiger partial charge in [-0.1, -0.05) is 0 Å². The highest BCUT2D eigenvalue weighted by Crippen LogP contribution is 2.35. The van der Waals surface area contributed by atoms with Crippen molar-refractivity contribution in [2.75, 3.05) is 5.88 Å². The van der Waals surface area contributed by atoms with E-state index in [1.165, 1.54) is 6.92 Å². The molecule has 3 nitrogen and oxygen atoms in total. The number of amides is 1. The van der Waals surface area contributed by atoms with Gasteiger partial charge in [-0.25, -0.2) is 0 Å². The van der Waals surface area contributed by atoms with Gasteiger partial charge in [0.15, 0.2) is 0 Å². The zero-order chi connectivity index (χ0) is 9.90. The van der Waals surface area contributed by atoms with Crippen LogP contribution in [0.15, 0.2) is 0 Å². The van der Waals surface area contributed by atoms with Crippen LogP contribution in [0.5, 0.6) is 0 Å². The Labute approximate surface area is 82.8 Å². The van der Waals surface area contributed by atoms with Crippen molar-refractivity contribution in [1.82, 2.24) is 5.32 Å². The Balaban J connectivity index is 2.49. The summed E-state index contributed by atoms with van der Waals surface area (Å²) in [6, 6.07) is 0. The van der Waals surface area contributed by atoms with E-state index in [2.05, 4.69) is 5.32 Å². The summed E-state index contributed by atoms with van der Waals surface area (Å²) >= 11 is 5.41. The van der Waals surface area contributed by atoms with Gasteiger partial charge in [-0.15, -0.1) is 11.6 Å². The predicted molar refractivity (Wildman–Crippen MR) is 50.7 cm³/mol. The second kappa shape index (κ2) is 4.09. The molecule has 0 saturated heterocycles. The van der Waals surface area contributed by atoms with E-state index in [0.717, 1.165) is 19.3 Å². The van der Waals surface area contributed by atoms with E-state index in [1.54, 1.807) is 0 Å². The lowest BCUT2D eigenvalue weighted by atomic mass is 9.73. The third-order valence-corrected chi connectivity index (χ3v) is 2.73. The predicted octanol–water partition coefficient (Wildman–Crippen LogP) is 1.24. The number of rotatable bonds is 4. The molecule has 0 aliphatic heterocycles. The van der Waals surface area contributed by atoms with Crippen molar-refractivity contribution in [3.63, 3.8) is 0 Å². The average molecular weight is 204 g/mol. The Morgan fingerprint density at radius 2 is 2.08 bits per heavy atom. The molecule has 1 saturated carbocycles. The van der Waals surface area contributed by atoms with Gasteiger partial charge in [0.2, 0.25) is 5.91 Å². The van der Waals surface area contributed by atoms with Gasteiger partial charge in [0.1, 0.15) is 5.78 Å². The Kier molecular flexibility index (Phi) is 3.31. The van der Waals surface area contributed by atoms with Gasteiger partial charge in [0, 0.05) is 18.9 Å². The van der Waals surface area contributed by atoms with E-state index in [9.17, 15) is 9.59 Å². The quantitative estimate of drug-likeness (QED) is 0.699. The molecule has 1 amide bonds. The Morgan fingerprint density at radius 3 is 2.38 bits per heavy atom. The molecule has 0 aromatic heterocycles. The van der Waals surface area contributed by atoms with Crippen LogP contribution in [-0.2, 0) is 9.59 Å². The average Bonchev–Trinajstić information content (AvgIpc) is 1.99. The fourth-order valence-corrected chi connectivity index (χ4v) is 1.84. The Bertz CT molecular complexity index is 224. The van der Waals surface area contributed by atoms with Gasteiger partial charge in [-0.2, -0.15) is 0 Å². The zero-order valence-corrected chi connectivity index (χ0v) is 8.49. The monoisotopic (exact) mass is 203 g/mol. The maximum Gasteiger partial charge on any atom is 0.217 e. The van der Waals surface area contributed by atoms with Crippen LogP contribution in [0, 0.1) is 0 Å². The molecule has 74 valence electrons. The van der Waals surface area contributed by atoms with Crippen molar-refractivity contribution in [2.24, 2.45) is 0 Å². The van der Waals surface area contributed by atoms with Crippen LogP contribution in [0.4, 0.5) is 0 Å². The molecule has 1 rings (SSSR count).